The summed E-state index contributed by atoms with van der Waals surface area (Å²) in [6, 6.07) is 8.32. The molecule has 0 aliphatic heterocycles. The molecule has 0 aliphatic rings. The molecule has 0 amide bonds. The summed E-state index contributed by atoms with van der Waals surface area (Å²) in [6.45, 7) is 8.91. The van der Waals surface area contributed by atoms with E-state index in [1.165, 1.54) is 5.56 Å². The molecule has 1 aromatic heterocycles. The van der Waals surface area contributed by atoms with Gasteiger partial charge in [-0.15, -0.1) is 11.3 Å². The van der Waals surface area contributed by atoms with Gasteiger partial charge >= 0.3 is 0 Å². The zero-order valence-corrected chi connectivity index (χ0v) is 13.9. The van der Waals surface area contributed by atoms with Crippen LogP contribution in [0.4, 0.5) is 0 Å². The third-order valence-electron chi connectivity index (χ3n) is 3.19. The number of hydrogen-bond acceptors (Lipinski definition) is 4. The number of hydrogen-bond donors (Lipinski definition) is 1. The molecule has 0 saturated carbocycles. The SMILES string of the molecule is Cc1nc(CNCc2ccc(OCCC(C)C)cc2)cs1. The number of thiazole rings is 1. The van der Waals surface area contributed by atoms with E-state index in [-0.39, 0.29) is 0 Å². The Labute approximate surface area is 131 Å². The Morgan fingerprint density at radius 3 is 2.57 bits per heavy atom. The first kappa shape index (κ1) is 16.0. The van der Waals surface area contributed by atoms with Gasteiger partial charge in [-0.05, 0) is 37.0 Å². The van der Waals surface area contributed by atoms with E-state index in [1.807, 2.05) is 19.1 Å². The maximum atomic E-state index is 5.72. The Balaban J connectivity index is 1.72. The average Bonchev–Trinajstić information content (AvgIpc) is 2.86. The van der Waals surface area contributed by atoms with E-state index in [9.17, 15) is 0 Å². The van der Waals surface area contributed by atoms with Crippen molar-refractivity contribution in [3.8, 4) is 5.75 Å². The molecule has 0 saturated heterocycles. The summed E-state index contributed by atoms with van der Waals surface area (Å²) in [6.07, 6.45) is 1.09. The average molecular weight is 304 g/mol. The molecule has 0 atom stereocenters. The van der Waals surface area contributed by atoms with E-state index in [1.54, 1.807) is 11.3 Å². The van der Waals surface area contributed by atoms with Crippen LogP contribution < -0.4 is 10.1 Å². The summed E-state index contributed by atoms with van der Waals surface area (Å²) in [5.74, 6) is 1.64. The van der Waals surface area contributed by atoms with Gasteiger partial charge in [0.05, 0.1) is 17.3 Å². The van der Waals surface area contributed by atoms with Crippen LogP contribution in [0.2, 0.25) is 0 Å². The molecule has 0 radical (unpaired) electrons. The van der Waals surface area contributed by atoms with Crippen molar-refractivity contribution in [2.45, 2.75) is 40.3 Å². The molecule has 1 N–H and O–H groups in total. The van der Waals surface area contributed by atoms with E-state index >= 15 is 0 Å². The van der Waals surface area contributed by atoms with Gasteiger partial charge in [0.2, 0.25) is 0 Å². The number of aryl methyl sites for hydroxylation is 1. The predicted molar refractivity (Wildman–Crippen MR) is 88.8 cm³/mol. The van der Waals surface area contributed by atoms with Gasteiger partial charge in [-0.25, -0.2) is 4.98 Å². The van der Waals surface area contributed by atoms with Crippen LogP contribution in [0.5, 0.6) is 5.75 Å². The zero-order chi connectivity index (χ0) is 15.1. The van der Waals surface area contributed by atoms with E-state index in [0.29, 0.717) is 5.92 Å². The highest BCUT2D eigenvalue weighted by Gasteiger charge is 2.00. The summed E-state index contributed by atoms with van der Waals surface area (Å²) < 4.78 is 5.72. The Morgan fingerprint density at radius 2 is 1.95 bits per heavy atom. The molecule has 114 valence electrons. The zero-order valence-electron chi connectivity index (χ0n) is 13.1. The highest BCUT2D eigenvalue weighted by Crippen LogP contribution is 2.13. The minimum atomic E-state index is 0.683. The second kappa shape index (κ2) is 8.15. The predicted octanol–water partition coefficient (Wildman–Crippen LogP) is 4.17. The molecule has 0 bridgehead atoms. The van der Waals surface area contributed by atoms with Crippen molar-refractivity contribution in [1.82, 2.24) is 10.3 Å². The van der Waals surface area contributed by atoms with Crippen LogP contribution in [0.3, 0.4) is 0 Å². The van der Waals surface area contributed by atoms with E-state index in [4.69, 9.17) is 4.74 Å². The summed E-state index contributed by atoms with van der Waals surface area (Å²) in [7, 11) is 0. The Morgan fingerprint density at radius 1 is 1.19 bits per heavy atom. The molecule has 21 heavy (non-hydrogen) atoms. The summed E-state index contributed by atoms with van der Waals surface area (Å²) in [5.41, 5.74) is 2.38. The van der Waals surface area contributed by atoms with Crippen LogP contribution in [0.1, 0.15) is 36.5 Å². The third-order valence-corrected chi connectivity index (χ3v) is 4.01. The molecule has 0 aliphatic carbocycles. The van der Waals surface area contributed by atoms with Gasteiger partial charge in [-0.2, -0.15) is 0 Å². The summed E-state index contributed by atoms with van der Waals surface area (Å²) in [4.78, 5) is 4.44. The van der Waals surface area contributed by atoms with E-state index in [2.05, 4.69) is 41.7 Å². The second-order valence-corrected chi connectivity index (χ2v) is 6.70. The number of nitrogens with zero attached hydrogens (tertiary/aromatic N) is 1. The number of ether oxygens (including phenoxy) is 1. The molecule has 1 aromatic carbocycles. The van der Waals surface area contributed by atoms with E-state index in [0.717, 1.165) is 42.6 Å². The van der Waals surface area contributed by atoms with Crippen molar-refractivity contribution in [1.29, 1.82) is 0 Å². The standard InChI is InChI=1S/C17H24N2OS/c1-13(2)8-9-20-17-6-4-15(5-7-17)10-18-11-16-12-21-14(3)19-16/h4-7,12-13,18H,8-11H2,1-3H3. The lowest BCUT2D eigenvalue weighted by Crippen LogP contribution is -2.12. The minimum absolute atomic E-state index is 0.683. The van der Waals surface area contributed by atoms with Crippen molar-refractivity contribution < 1.29 is 4.74 Å². The van der Waals surface area contributed by atoms with Crippen molar-refractivity contribution in [2.75, 3.05) is 6.61 Å². The maximum absolute atomic E-state index is 5.72. The fourth-order valence-electron chi connectivity index (χ4n) is 1.94. The highest BCUT2D eigenvalue weighted by atomic mass is 32.1. The van der Waals surface area contributed by atoms with Gasteiger partial charge < -0.3 is 10.1 Å². The van der Waals surface area contributed by atoms with Gasteiger partial charge in [0.25, 0.3) is 0 Å². The highest BCUT2D eigenvalue weighted by molar-refractivity contribution is 7.09. The fourth-order valence-corrected chi connectivity index (χ4v) is 2.55. The quantitative estimate of drug-likeness (QED) is 0.795. The van der Waals surface area contributed by atoms with Gasteiger partial charge in [0, 0.05) is 18.5 Å². The van der Waals surface area contributed by atoms with Crippen molar-refractivity contribution >= 4 is 11.3 Å². The minimum Gasteiger partial charge on any atom is -0.494 e. The maximum Gasteiger partial charge on any atom is 0.119 e. The lowest BCUT2D eigenvalue weighted by molar-refractivity contribution is 0.289. The lowest BCUT2D eigenvalue weighted by atomic mass is 10.1. The monoisotopic (exact) mass is 304 g/mol. The topological polar surface area (TPSA) is 34.2 Å². The first-order chi connectivity index (χ1) is 10.1. The molecule has 0 spiro atoms. The van der Waals surface area contributed by atoms with Crippen LogP contribution in [0.15, 0.2) is 29.6 Å². The normalized spacial score (nSPS) is 11.0. The third kappa shape index (κ3) is 5.86. The Kier molecular flexibility index (Phi) is 6.21. The first-order valence-corrected chi connectivity index (χ1v) is 8.35. The summed E-state index contributed by atoms with van der Waals surface area (Å²) in [5, 5.41) is 6.64. The molecule has 2 aromatic rings. The number of aromatic nitrogens is 1. The van der Waals surface area contributed by atoms with Crippen LogP contribution in [0, 0.1) is 12.8 Å². The van der Waals surface area contributed by atoms with Crippen LogP contribution in [-0.4, -0.2) is 11.6 Å². The summed E-state index contributed by atoms with van der Waals surface area (Å²) >= 11 is 1.69. The number of rotatable bonds is 8. The molecule has 4 heteroatoms. The molecule has 0 fully saturated rings. The molecule has 2 rings (SSSR count). The molecule has 1 heterocycles. The molecular weight excluding hydrogens is 280 g/mol. The molecular formula is C17H24N2OS. The van der Waals surface area contributed by atoms with Crippen molar-refractivity contribution in [2.24, 2.45) is 5.92 Å². The van der Waals surface area contributed by atoms with Crippen LogP contribution in [0.25, 0.3) is 0 Å². The largest absolute Gasteiger partial charge is 0.494 e. The number of benzene rings is 1. The number of nitrogens with one attached hydrogen (secondary N) is 1. The van der Waals surface area contributed by atoms with Crippen LogP contribution in [-0.2, 0) is 13.1 Å². The van der Waals surface area contributed by atoms with Gasteiger partial charge in [0.15, 0.2) is 0 Å². The lowest BCUT2D eigenvalue weighted by Gasteiger charge is -2.09. The fraction of sp³-hybridized carbons (Fsp3) is 0.471. The van der Waals surface area contributed by atoms with Crippen molar-refractivity contribution in [3.63, 3.8) is 0 Å². The molecule has 3 nitrogen and oxygen atoms in total. The van der Waals surface area contributed by atoms with Crippen LogP contribution >= 0.6 is 11.3 Å². The van der Waals surface area contributed by atoms with Gasteiger partial charge in [0.1, 0.15) is 5.75 Å². The van der Waals surface area contributed by atoms with E-state index < -0.39 is 0 Å². The first-order valence-electron chi connectivity index (χ1n) is 7.47. The smallest absolute Gasteiger partial charge is 0.119 e. The van der Waals surface area contributed by atoms with Crippen molar-refractivity contribution in [3.05, 3.63) is 45.9 Å². The molecule has 0 unspecified atom stereocenters. The Hall–Kier alpha value is -1.39. The Bertz CT molecular complexity index is 534. The second-order valence-electron chi connectivity index (χ2n) is 5.64. The van der Waals surface area contributed by atoms with Gasteiger partial charge in [-0.1, -0.05) is 26.0 Å². The van der Waals surface area contributed by atoms with Gasteiger partial charge in [-0.3, -0.25) is 0 Å².